The van der Waals surface area contributed by atoms with Crippen molar-refractivity contribution in [1.29, 1.82) is 0 Å². The fourth-order valence-corrected chi connectivity index (χ4v) is 2.04. The van der Waals surface area contributed by atoms with Gasteiger partial charge in [-0.25, -0.2) is 4.79 Å². The van der Waals surface area contributed by atoms with Crippen molar-refractivity contribution in [2.75, 3.05) is 26.7 Å². The maximum atomic E-state index is 11.7. The summed E-state index contributed by atoms with van der Waals surface area (Å²) in [6.07, 6.45) is 2.31. The van der Waals surface area contributed by atoms with Gasteiger partial charge in [0.05, 0.1) is 6.04 Å². The molecule has 0 aromatic heterocycles. The van der Waals surface area contributed by atoms with E-state index in [1.807, 2.05) is 20.8 Å². The van der Waals surface area contributed by atoms with Crippen LogP contribution in [0.5, 0.6) is 0 Å². The number of nitrogens with one attached hydrogen (secondary N) is 2. The second-order valence-electron chi connectivity index (χ2n) is 5.79. The minimum Gasteiger partial charge on any atom is -0.444 e. The molecule has 1 fully saturated rings. The SMILES string of the molecule is C=CCNC(=NC)N1CCC(NC(=O)OC(C)(C)C)C1. The zero-order valence-corrected chi connectivity index (χ0v) is 12.9. The molecule has 0 saturated carbocycles. The maximum absolute atomic E-state index is 11.7. The van der Waals surface area contributed by atoms with Gasteiger partial charge in [0.15, 0.2) is 5.96 Å². The lowest BCUT2D eigenvalue weighted by Crippen LogP contribution is -2.44. The predicted molar refractivity (Wildman–Crippen MR) is 80.9 cm³/mol. The molecular weight excluding hydrogens is 256 g/mol. The van der Waals surface area contributed by atoms with E-state index in [-0.39, 0.29) is 12.1 Å². The molecule has 0 spiro atoms. The van der Waals surface area contributed by atoms with E-state index < -0.39 is 5.60 Å². The minimum atomic E-state index is -0.468. The molecule has 2 N–H and O–H groups in total. The van der Waals surface area contributed by atoms with Crippen molar-refractivity contribution >= 4 is 12.1 Å². The van der Waals surface area contributed by atoms with Crippen LogP contribution in [0.1, 0.15) is 27.2 Å². The topological polar surface area (TPSA) is 66.0 Å². The third kappa shape index (κ3) is 5.50. The second-order valence-corrected chi connectivity index (χ2v) is 5.79. The van der Waals surface area contributed by atoms with Crippen molar-refractivity contribution < 1.29 is 9.53 Å². The molecule has 1 aliphatic heterocycles. The second kappa shape index (κ2) is 7.17. The quantitative estimate of drug-likeness (QED) is 0.466. The van der Waals surface area contributed by atoms with Gasteiger partial charge in [-0.15, -0.1) is 6.58 Å². The highest BCUT2D eigenvalue weighted by molar-refractivity contribution is 5.80. The summed E-state index contributed by atoms with van der Waals surface area (Å²) in [7, 11) is 1.75. The number of guanidine groups is 1. The molecular formula is C14H26N4O2. The van der Waals surface area contributed by atoms with Crippen LogP contribution < -0.4 is 10.6 Å². The molecule has 1 aliphatic rings. The van der Waals surface area contributed by atoms with Crippen LogP contribution in [0, 0.1) is 0 Å². The van der Waals surface area contributed by atoms with Gasteiger partial charge < -0.3 is 20.3 Å². The van der Waals surface area contributed by atoms with Gasteiger partial charge >= 0.3 is 6.09 Å². The number of hydrogen-bond acceptors (Lipinski definition) is 3. The first-order chi connectivity index (χ1) is 9.35. The molecule has 0 aromatic rings. The summed E-state index contributed by atoms with van der Waals surface area (Å²) in [5, 5.41) is 6.08. The van der Waals surface area contributed by atoms with Crippen LogP contribution in [0.15, 0.2) is 17.6 Å². The molecule has 0 aliphatic carbocycles. The third-order valence-electron chi connectivity index (χ3n) is 2.82. The van der Waals surface area contributed by atoms with Crippen molar-refractivity contribution in [2.24, 2.45) is 4.99 Å². The van der Waals surface area contributed by atoms with Gasteiger partial charge in [0.25, 0.3) is 0 Å². The first kappa shape index (κ1) is 16.3. The Morgan fingerprint density at radius 2 is 2.25 bits per heavy atom. The Balaban J connectivity index is 2.43. The Hall–Kier alpha value is -1.72. The van der Waals surface area contributed by atoms with Crippen molar-refractivity contribution in [3.63, 3.8) is 0 Å². The average molecular weight is 282 g/mol. The monoisotopic (exact) mass is 282 g/mol. The summed E-state index contributed by atoms with van der Waals surface area (Å²) in [5.41, 5.74) is -0.468. The van der Waals surface area contributed by atoms with E-state index in [0.29, 0.717) is 6.54 Å². The number of carbonyl (C=O) groups is 1. The molecule has 0 bridgehead atoms. The number of nitrogens with zero attached hydrogens (tertiary/aromatic N) is 2. The highest BCUT2D eigenvalue weighted by Crippen LogP contribution is 2.11. The van der Waals surface area contributed by atoms with E-state index in [9.17, 15) is 4.79 Å². The molecule has 1 rings (SSSR count). The van der Waals surface area contributed by atoms with Gasteiger partial charge in [0.1, 0.15) is 5.60 Å². The molecule has 0 aromatic carbocycles. The van der Waals surface area contributed by atoms with Crippen LogP contribution in [0.25, 0.3) is 0 Å². The summed E-state index contributed by atoms with van der Waals surface area (Å²) in [6.45, 7) is 11.5. The number of likely N-dealkylation sites (tertiary alicyclic amines) is 1. The highest BCUT2D eigenvalue weighted by Gasteiger charge is 2.27. The molecule has 1 unspecified atom stereocenters. The first-order valence-corrected chi connectivity index (χ1v) is 6.91. The van der Waals surface area contributed by atoms with Crippen LogP contribution in [0.4, 0.5) is 4.79 Å². The van der Waals surface area contributed by atoms with Crippen LogP contribution in [0.2, 0.25) is 0 Å². The lowest BCUT2D eigenvalue weighted by Gasteiger charge is -2.23. The van der Waals surface area contributed by atoms with Gasteiger partial charge in [-0.3, -0.25) is 4.99 Å². The van der Waals surface area contributed by atoms with Gasteiger partial charge in [0.2, 0.25) is 0 Å². The standard InChI is InChI=1S/C14H26N4O2/c1-6-8-16-12(15-5)18-9-7-11(10-18)17-13(19)20-14(2,3)4/h6,11H,1,7-10H2,2-5H3,(H,15,16)(H,17,19). The lowest BCUT2D eigenvalue weighted by molar-refractivity contribution is 0.0507. The van der Waals surface area contributed by atoms with Gasteiger partial charge in [-0.05, 0) is 27.2 Å². The van der Waals surface area contributed by atoms with Crippen molar-refractivity contribution in [2.45, 2.75) is 38.8 Å². The molecule has 1 amide bonds. The summed E-state index contributed by atoms with van der Waals surface area (Å²) >= 11 is 0. The summed E-state index contributed by atoms with van der Waals surface area (Å²) < 4.78 is 5.26. The first-order valence-electron chi connectivity index (χ1n) is 6.91. The number of aliphatic imine (C=N–C) groups is 1. The van der Waals surface area contributed by atoms with Crippen molar-refractivity contribution in [3.8, 4) is 0 Å². The van der Waals surface area contributed by atoms with Crippen LogP contribution in [-0.4, -0.2) is 55.3 Å². The zero-order chi connectivity index (χ0) is 15.2. The number of alkyl carbamates (subject to hydrolysis) is 1. The molecule has 114 valence electrons. The number of rotatable bonds is 3. The molecule has 20 heavy (non-hydrogen) atoms. The van der Waals surface area contributed by atoms with Gasteiger partial charge in [0, 0.05) is 26.7 Å². The molecule has 6 nitrogen and oxygen atoms in total. The Kier molecular flexibility index (Phi) is 5.85. The minimum absolute atomic E-state index is 0.0899. The fourth-order valence-electron chi connectivity index (χ4n) is 2.04. The summed E-state index contributed by atoms with van der Waals surface area (Å²) in [5.74, 6) is 0.832. The Bertz CT molecular complexity index is 374. The predicted octanol–water partition coefficient (Wildman–Crippen LogP) is 1.35. The van der Waals surface area contributed by atoms with Crippen molar-refractivity contribution in [1.82, 2.24) is 15.5 Å². The molecule has 1 atom stereocenters. The average Bonchev–Trinajstić information content (AvgIpc) is 2.76. The number of carbonyl (C=O) groups excluding carboxylic acids is 1. The normalized spacial score (nSPS) is 19.7. The highest BCUT2D eigenvalue weighted by atomic mass is 16.6. The molecule has 1 heterocycles. The van der Waals surface area contributed by atoms with E-state index in [0.717, 1.165) is 25.5 Å². The van der Waals surface area contributed by atoms with E-state index in [2.05, 4.69) is 27.1 Å². The van der Waals surface area contributed by atoms with Gasteiger partial charge in [-0.2, -0.15) is 0 Å². The van der Waals surface area contributed by atoms with Gasteiger partial charge in [-0.1, -0.05) is 6.08 Å². The molecule has 6 heteroatoms. The van der Waals surface area contributed by atoms with E-state index >= 15 is 0 Å². The Morgan fingerprint density at radius 3 is 2.80 bits per heavy atom. The van der Waals surface area contributed by atoms with Crippen LogP contribution in [-0.2, 0) is 4.74 Å². The summed E-state index contributed by atoms with van der Waals surface area (Å²) in [6, 6.07) is 0.0899. The van der Waals surface area contributed by atoms with E-state index in [4.69, 9.17) is 4.74 Å². The summed E-state index contributed by atoms with van der Waals surface area (Å²) in [4.78, 5) is 18.1. The van der Waals surface area contributed by atoms with Crippen LogP contribution >= 0.6 is 0 Å². The Labute approximate surface area is 121 Å². The molecule has 1 saturated heterocycles. The van der Waals surface area contributed by atoms with E-state index in [1.54, 1.807) is 13.1 Å². The third-order valence-corrected chi connectivity index (χ3v) is 2.82. The maximum Gasteiger partial charge on any atom is 0.407 e. The zero-order valence-electron chi connectivity index (χ0n) is 12.9. The van der Waals surface area contributed by atoms with Crippen molar-refractivity contribution in [3.05, 3.63) is 12.7 Å². The van der Waals surface area contributed by atoms with Crippen LogP contribution in [0.3, 0.4) is 0 Å². The smallest absolute Gasteiger partial charge is 0.407 e. The fraction of sp³-hybridized carbons (Fsp3) is 0.714. The molecule has 0 radical (unpaired) electrons. The number of hydrogen-bond donors (Lipinski definition) is 2. The van der Waals surface area contributed by atoms with E-state index in [1.165, 1.54) is 0 Å². The number of amides is 1. The lowest BCUT2D eigenvalue weighted by atomic mass is 10.2. The number of ether oxygens (including phenoxy) is 1. The Morgan fingerprint density at radius 1 is 1.55 bits per heavy atom. The largest absolute Gasteiger partial charge is 0.444 e.